The van der Waals surface area contributed by atoms with Crippen LogP contribution in [0.15, 0.2) is 43.7 Å². The van der Waals surface area contributed by atoms with Gasteiger partial charge in [0.15, 0.2) is 0 Å². The number of rotatable bonds is 3. The van der Waals surface area contributed by atoms with E-state index in [1.165, 1.54) is 12.4 Å². The Kier molecular flexibility index (Phi) is 4.63. The van der Waals surface area contributed by atoms with Gasteiger partial charge in [-0.15, -0.1) is 0 Å². The van der Waals surface area contributed by atoms with E-state index >= 15 is 0 Å². The van der Waals surface area contributed by atoms with Crippen LogP contribution in [0.1, 0.15) is 10.4 Å². The summed E-state index contributed by atoms with van der Waals surface area (Å²) >= 11 is 6.33. The van der Waals surface area contributed by atoms with E-state index in [9.17, 15) is 9.59 Å². The molecule has 1 aromatic carbocycles. The Hall–Kier alpha value is -0.870. The molecule has 0 spiro atoms. The summed E-state index contributed by atoms with van der Waals surface area (Å²) in [5, 5.41) is 9.62. The lowest BCUT2D eigenvalue weighted by Gasteiger charge is -2.06. The molecular weight excluding hydrogens is 447 g/mol. The van der Waals surface area contributed by atoms with Gasteiger partial charge in [-0.3, -0.25) is 4.79 Å². The standard InChI is InChI=1S/C11H6BrIN2O3S/c12-5-1-2-6(11(17)18)7(3-5)19-10-8(13)9(16)14-4-15-10/h1-4H,(H,17,18)(H,14,15,16). The molecule has 2 N–H and O–H groups in total. The van der Waals surface area contributed by atoms with Crippen molar-refractivity contribution in [3.63, 3.8) is 0 Å². The van der Waals surface area contributed by atoms with Crippen LogP contribution in [0.25, 0.3) is 0 Å². The molecule has 0 radical (unpaired) electrons. The number of hydrogen-bond donors (Lipinski definition) is 2. The SMILES string of the molecule is O=C(O)c1ccc(Br)cc1Sc1nc[nH]c(=O)c1I. The van der Waals surface area contributed by atoms with E-state index in [2.05, 4.69) is 25.9 Å². The predicted octanol–water partition coefficient (Wildman–Crippen LogP) is 2.99. The number of benzene rings is 1. The summed E-state index contributed by atoms with van der Waals surface area (Å²) in [4.78, 5) is 29.7. The Morgan fingerprint density at radius 1 is 1.47 bits per heavy atom. The number of H-pyrrole nitrogens is 1. The molecule has 0 saturated heterocycles. The molecule has 0 aliphatic carbocycles. The first-order chi connectivity index (χ1) is 8.99. The van der Waals surface area contributed by atoms with Gasteiger partial charge in [0.1, 0.15) is 8.60 Å². The van der Waals surface area contributed by atoms with Crippen molar-refractivity contribution in [2.75, 3.05) is 0 Å². The number of carbonyl (C=O) groups is 1. The molecular formula is C11H6BrIN2O3S. The largest absolute Gasteiger partial charge is 0.478 e. The number of carboxylic acid groups (broad SMARTS) is 1. The Morgan fingerprint density at radius 2 is 2.21 bits per heavy atom. The minimum Gasteiger partial charge on any atom is -0.478 e. The average molecular weight is 453 g/mol. The van der Waals surface area contributed by atoms with Crippen LogP contribution in [0, 0.1) is 3.57 Å². The third-order valence-electron chi connectivity index (χ3n) is 2.15. The molecule has 98 valence electrons. The van der Waals surface area contributed by atoms with Gasteiger partial charge in [0.25, 0.3) is 5.56 Å². The van der Waals surface area contributed by atoms with Crippen LogP contribution in [0.3, 0.4) is 0 Å². The molecule has 0 unspecified atom stereocenters. The highest BCUT2D eigenvalue weighted by Gasteiger charge is 2.14. The molecule has 0 saturated carbocycles. The van der Waals surface area contributed by atoms with Crippen LogP contribution in [0.2, 0.25) is 0 Å². The Bertz CT molecular complexity index is 705. The van der Waals surface area contributed by atoms with Gasteiger partial charge in [0, 0.05) is 9.37 Å². The van der Waals surface area contributed by atoms with Crippen molar-refractivity contribution in [3.05, 3.63) is 48.5 Å². The molecule has 5 nitrogen and oxygen atoms in total. The third kappa shape index (κ3) is 3.37. The van der Waals surface area contributed by atoms with Crippen LogP contribution >= 0.6 is 50.3 Å². The molecule has 0 fully saturated rings. The summed E-state index contributed by atoms with van der Waals surface area (Å²) in [5.41, 5.74) is -0.0731. The summed E-state index contributed by atoms with van der Waals surface area (Å²) in [7, 11) is 0. The summed E-state index contributed by atoms with van der Waals surface area (Å²) in [6.45, 7) is 0. The molecule has 0 bridgehead atoms. The zero-order valence-corrected chi connectivity index (χ0v) is 13.7. The van der Waals surface area contributed by atoms with E-state index in [4.69, 9.17) is 5.11 Å². The van der Waals surface area contributed by atoms with Crippen molar-refractivity contribution in [1.29, 1.82) is 0 Å². The van der Waals surface area contributed by atoms with E-state index in [0.29, 0.717) is 13.5 Å². The number of nitrogens with one attached hydrogen (secondary N) is 1. The highest BCUT2D eigenvalue weighted by molar-refractivity contribution is 14.1. The fourth-order valence-electron chi connectivity index (χ4n) is 1.30. The van der Waals surface area contributed by atoms with Crippen molar-refractivity contribution in [2.45, 2.75) is 9.92 Å². The zero-order valence-electron chi connectivity index (χ0n) is 9.18. The fraction of sp³-hybridized carbons (Fsp3) is 0. The Balaban J connectivity index is 2.48. The number of hydrogen-bond acceptors (Lipinski definition) is 4. The van der Waals surface area contributed by atoms with Gasteiger partial charge in [-0.05, 0) is 40.8 Å². The van der Waals surface area contributed by atoms with E-state index in [1.807, 2.05) is 22.6 Å². The van der Waals surface area contributed by atoms with Gasteiger partial charge in [-0.2, -0.15) is 0 Å². The van der Waals surface area contributed by atoms with Crippen molar-refractivity contribution in [1.82, 2.24) is 9.97 Å². The molecule has 1 aromatic heterocycles. The molecule has 0 amide bonds. The average Bonchev–Trinajstić information content (AvgIpc) is 2.35. The van der Waals surface area contributed by atoms with Gasteiger partial charge < -0.3 is 10.1 Å². The van der Waals surface area contributed by atoms with Crippen molar-refractivity contribution in [2.24, 2.45) is 0 Å². The van der Waals surface area contributed by atoms with Crippen LogP contribution in [0.4, 0.5) is 0 Å². The van der Waals surface area contributed by atoms with Gasteiger partial charge in [0.05, 0.1) is 11.9 Å². The molecule has 2 rings (SSSR count). The predicted molar refractivity (Wildman–Crippen MR) is 82.8 cm³/mol. The number of aromatic amines is 1. The number of nitrogens with zero attached hydrogens (tertiary/aromatic N) is 1. The molecule has 19 heavy (non-hydrogen) atoms. The van der Waals surface area contributed by atoms with Crippen LogP contribution in [-0.4, -0.2) is 21.0 Å². The zero-order chi connectivity index (χ0) is 14.0. The van der Waals surface area contributed by atoms with E-state index in [-0.39, 0.29) is 11.1 Å². The molecule has 1 heterocycles. The van der Waals surface area contributed by atoms with Crippen molar-refractivity contribution < 1.29 is 9.90 Å². The van der Waals surface area contributed by atoms with E-state index < -0.39 is 5.97 Å². The van der Waals surface area contributed by atoms with E-state index in [0.717, 1.165) is 16.2 Å². The van der Waals surface area contributed by atoms with Crippen LogP contribution in [-0.2, 0) is 0 Å². The van der Waals surface area contributed by atoms with Crippen LogP contribution in [0.5, 0.6) is 0 Å². The first-order valence-electron chi connectivity index (χ1n) is 4.93. The smallest absolute Gasteiger partial charge is 0.336 e. The maximum Gasteiger partial charge on any atom is 0.336 e. The lowest BCUT2D eigenvalue weighted by Crippen LogP contribution is -2.11. The van der Waals surface area contributed by atoms with Crippen LogP contribution < -0.4 is 5.56 Å². The summed E-state index contributed by atoms with van der Waals surface area (Å²) < 4.78 is 1.20. The van der Waals surface area contributed by atoms with Gasteiger partial charge in [0.2, 0.25) is 0 Å². The molecule has 0 aliphatic heterocycles. The quantitative estimate of drug-likeness (QED) is 0.552. The number of carboxylic acids is 1. The minimum atomic E-state index is -1.02. The fourth-order valence-corrected chi connectivity index (χ4v) is 3.38. The normalized spacial score (nSPS) is 10.4. The highest BCUT2D eigenvalue weighted by Crippen LogP contribution is 2.32. The van der Waals surface area contributed by atoms with E-state index in [1.54, 1.807) is 12.1 Å². The first kappa shape index (κ1) is 14.5. The number of aromatic nitrogens is 2. The lowest BCUT2D eigenvalue weighted by atomic mass is 10.2. The molecule has 0 aliphatic rings. The Labute approximate surface area is 134 Å². The number of halogens is 2. The highest BCUT2D eigenvalue weighted by atomic mass is 127. The monoisotopic (exact) mass is 452 g/mol. The molecule has 2 aromatic rings. The summed E-state index contributed by atoms with van der Waals surface area (Å²) in [5.74, 6) is -1.02. The first-order valence-corrected chi connectivity index (χ1v) is 7.61. The topological polar surface area (TPSA) is 83.0 Å². The third-order valence-corrected chi connectivity index (χ3v) is 5.07. The van der Waals surface area contributed by atoms with Crippen molar-refractivity contribution in [3.8, 4) is 0 Å². The summed E-state index contributed by atoms with van der Waals surface area (Å²) in [6, 6.07) is 4.85. The van der Waals surface area contributed by atoms with Crippen molar-refractivity contribution >= 4 is 56.3 Å². The Morgan fingerprint density at radius 3 is 2.89 bits per heavy atom. The summed E-state index contributed by atoms with van der Waals surface area (Å²) in [6.07, 6.45) is 1.30. The second-order valence-electron chi connectivity index (χ2n) is 3.40. The molecule has 0 atom stereocenters. The van der Waals surface area contributed by atoms with Gasteiger partial charge in [-0.25, -0.2) is 9.78 Å². The maximum absolute atomic E-state index is 11.5. The maximum atomic E-state index is 11.5. The van der Waals surface area contributed by atoms with Gasteiger partial charge >= 0.3 is 5.97 Å². The second-order valence-corrected chi connectivity index (χ2v) is 6.42. The minimum absolute atomic E-state index is 0.172. The molecule has 8 heteroatoms. The number of aromatic carboxylic acids is 1. The van der Waals surface area contributed by atoms with Gasteiger partial charge in [-0.1, -0.05) is 27.7 Å². The lowest BCUT2D eigenvalue weighted by molar-refractivity contribution is 0.0693. The second kappa shape index (κ2) is 6.06.